The van der Waals surface area contributed by atoms with Gasteiger partial charge in [-0.15, -0.1) is 0 Å². The SMILES string of the molecule is CN1CCN(C(=O)CC(NC(=O)OCC2c3ccccc3-c3ccccc32)C(=O)Nc2ccc(C(=O)O)cc2)CC1. The Morgan fingerprint density at radius 2 is 1.46 bits per heavy atom. The number of fused-ring (bicyclic) bond motifs is 3. The van der Waals surface area contributed by atoms with E-state index in [9.17, 15) is 19.2 Å². The number of hydrogen-bond donors (Lipinski definition) is 3. The Hall–Kier alpha value is -4.70. The van der Waals surface area contributed by atoms with Gasteiger partial charge in [0.1, 0.15) is 12.6 Å². The Morgan fingerprint density at radius 3 is 2.05 bits per heavy atom. The predicted molar refractivity (Wildman–Crippen MR) is 153 cm³/mol. The molecule has 3 aromatic carbocycles. The van der Waals surface area contributed by atoms with Gasteiger partial charge in [0.05, 0.1) is 12.0 Å². The van der Waals surface area contributed by atoms with Crippen molar-refractivity contribution in [3.05, 3.63) is 89.5 Å². The maximum absolute atomic E-state index is 13.2. The summed E-state index contributed by atoms with van der Waals surface area (Å²) in [4.78, 5) is 54.3. The number of nitrogens with zero attached hydrogens (tertiary/aromatic N) is 2. The van der Waals surface area contributed by atoms with Crippen molar-refractivity contribution in [1.29, 1.82) is 0 Å². The zero-order valence-corrected chi connectivity index (χ0v) is 22.7. The van der Waals surface area contributed by atoms with E-state index in [0.29, 0.717) is 18.8 Å². The normalized spacial score (nSPS) is 15.4. The van der Waals surface area contributed by atoms with Crippen LogP contribution in [-0.2, 0) is 14.3 Å². The molecule has 3 aromatic rings. The number of alkyl carbamates (subject to hydrolysis) is 1. The lowest BCUT2D eigenvalue weighted by molar-refractivity contribution is -0.135. The van der Waals surface area contributed by atoms with Gasteiger partial charge in [0.15, 0.2) is 0 Å². The van der Waals surface area contributed by atoms with Gasteiger partial charge in [-0.3, -0.25) is 9.59 Å². The Bertz CT molecular complexity index is 1400. The summed E-state index contributed by atoms with van der Waals surface area (Å²) in [6, 6.07) is 20.4. The van der Waals surface area contributed by atoms with Crippen LogP contribution in [0.3, 0.4) is 0 Å². The van der Waals surface area contributed by atoms with E-state index in [1.165, 1.54) is 24.3 Å². The van der Waals surface area contributed by atoms with Gasteiger partial charge in [0, 0.05) is 37.8 Å². The third-order valence-corrected chi connectivity index (χ3v) is 7.59. The second-order valence-corrected chi connectivity index (χ2v) is 10.3. The molecule has 1 aliphatic carbocycles. The number of rotatable bonds is 8. The van der Waals surface area contributed by atoms with Crippen molar-refractivity contribution in [2.75, 3.05) is 45.2 Å². The molecule has 212 valence electrons. The monoisotopic (exact) mass is 556 g/mol. The maximum atomic E-state index is 13.2. The zero-order chi connectivity index (χ0) is 28.9. The van der Waals surface area contributed by atoms with Gasteiger partial charge in [-0.1, -0.05) is 48.5 Å². The smallest absolute Gasteiger partial charge is 0.407 e. The van der Waals surface area contributed by atoms with Crippen LogP contribution >= 0.6 is 0 Å². The standard InChI is InChI=1S/C31H32N4O6/c1-34-14-16-35(17-15-34)28(36)18-27(29(37)32-21-12-10-20(11-13-21)30(38)39)33-31(40)41-19-26-24-8-4-2-6-22(24)23-7-3-5-9-25(23)26/h2-13,26-27H,14-19H2,1H3,(H,32,37)(H,33,40)(H,38,39). The van der Waals surface area contributed by atoms with Crippen LogP contribution in [0.15, 0.2) is 72.8 Å². The molecule has 10 nitrogen and oxygen atoms in total. The minimum absolute atomic E-state index is 0.0667. The third kappa shape index (κ3) is 6.38. The fourth-order valence-corrected chi connectivity index (χ4v) is 5.28. The molecular formula is C31H32N4O6. The first-order valence-electron chi connectivity index (χ1n) is 13.5. The van der Waals surface area contributed by atoms with E-state index >= 15 is 0 Å². The lowest BCUT2D eigenvalue weighted by Crippen LogP contribution is -2.51. The largest absolute Gasteiger partial charge is 0.478 e. The molecule has 0 radical (unpaired) electrons. The molecule has 0 saturated carbocycles. The van der Waals surface area contributed by atoms with E-state index in [2.05, 4.69) is 15.5 Å². The number of benzene rings is 3. The van der Waals surface area contributed by atoms with Crippen LogP contribution in [0.1, 0.15) is 33.8 Å². The van der Waals surface area contributed by atoms with Gasteiger partial charge < -0.3 is 30.3 Å². The second kappa shape index (κ2) is 12.2. The Balaban J connectivity index is 1.27. The van der Waals surface area contributed by atoms with Crippen molar-refractivity contribution in [1.82, 2.24) is 15.1 Å². The highest BCUT2D eigenvalue weighted by atomic mass is 16.5. The predicted octanol–water partition coefficient (Wildman–Crippen LogP) is 3.39. The fraction of sp³-hybridized carbons (Fsp3) is 0.290. The number of aromatic carboxylic acids is 1. The number of piperazine rings is 1. The van der Waals surface area contributed by atoms with Crippen molar-refractivity contribution in [3.8, 4) is 11.1 Å². The van der Waals surface area contributed by atoms with E-state index < -0.39 is 24.0 Å². The fourth-order valence-electron chi connectivity index (χ4n) is 5.28. The molecule has 2 aliphatic rings. The Morgan fingerprint density at radius 1 is 0.878 bits per heavy atom. The van der Waals surface area contributed by atoms with Crippen molar-refractivity contribution in [2.45, 2.75) is 18.4 Å². The highest BCUT2D eigenvalue weighted by Gasteiger charge is 2.31. The number of carbonyl (C=O) groups is 4. The molecule has 0 aromatic heterocycles. The van der Waals surface area contributed by atoms with E-state index in [4.69, 9.17) is 9.84 Å². The van der Waals surface area contributed by atoms with E-state index in [-0.39, 0.29) is 30.4 Å². The molecule has 41 heavy (non-hydrogen) atoms. The summed E-state index contributed by atoms with van der Waals surface area (Å²) in [5.41, 5.74) is 4.73. The van der Waals surface area contributed by atoms with Crippen LogP contribution in [0.5, 0.6) is 0 Å². The molecule has 5 rings (SSSR count). The lowest BCUT2D eigenvalue weighted by atomic mass is 9.98. The molecule has 10 heteroatoms. The number of ether oxygens (including phenoxy) is 1. The summed E-state index contributed by atoms with van der Waals surface area (Å²) in [6.45, 7) is 2.57. The summed E-state index contributed by atoms with van der Waals surface area (Å²) in [5, 5.41) is 14.4. The first kappa shape index (κ1) is 27.9. The summed E-state index contributed by atoms with van der Waals surface area (Å²) >= 11 is 0. The minimum Gasteiger partial charge on any atom is -0.478 e. The number of likely N-dealkylation sites (N-methyl/N-ethyl adjacent to an activating group) is 1. The van der Waals surface area contributed by atoms with Crippen LogP contribution in [0, 0.1) is 0 Å². The Kier molecular flexibility index (Phi) is 8.30. The Labute approximate surface area is 237 Å². The topological polar surface area (TPSA) is 128 Å². The first-order chi connectivity index (χ1) is 19.8. The van der Waals surface area contributed by atoms with Crippen LogP contribution in [0.4, 0.5) is 10.5 Å². The summed E-state index contributed by atoms with van der Waals surface area (Å²) in [5.74, 6) is -2.10. The first-order valence-corrected chi connectivity index (χ1v) is 13.5. The van der Waals surface area contributed by atoms with Crippen LogP contribution in [0.2, 0.25) is 0 Å². The zero-order valence-electron chi connectivity index (χ0n) is 22.7. The lowest BCUT2D eigenvalue weighted by Gasteiger charge is -2.33. The van der Waals surface area contributed by atoms with Gasteiger partial charge in [-0.2, -0.15) is 0 Å². The molecule has 0 bridgehead atoms. The molecule has 1 saturated heterocycles. The molecule has 3 N–H and O–H groups in total. The number of hydrogen-bond acceptors (Lipinski definition) is 6. The quantitative estimate of drug-likeness (QED) is 0.388. The molecule has 1 unspecified atom stereocenters. The number of amides is 3. The number of nitrogens with one attached hydrogen (secondary N) is 2. The van der Waals surface area contributed by atoms with E-state index in [1.54, 1.807) is 4.90 Å². The summed E-state index contributed by atoms with van der Waals surface area (Å²) < 4.78 is 5.63. The van der Waals surface area contributed by atoms with Gasteiger partial charge in [-0.05, 0) is 53.6 Å². The van der Waals surface area contributed by atoms with Crippen molar-refractivity contribution in [2.24, 2.45) is 0 Å². The average molecular weight is 557 g/mol. The molecule has 0 spiro atoms. The summed E-state index contributed by atoms with van der Waals surface area (Å²) in [6.07, 6.45) is -1.05. The van der Waals surface area contributed by atoms with Gasteiger partial charge >= 0.3 is 12.1 Å². The minimum atomic E-state index is -1.20. The molecule has 3 amide bonds. The van der Waals surface area contributed by atoms with Crippen LogP contribution in [0.25, 0.3) is 11.1 Å². The highest BCUT2D eigenvalue weighted by Crippen LogP contribution is 2.44. The van der Waals surface area contributed by atoms with Crippen molar-refractivity contribution >= 4 is 29.6 Å². The molecular weight excluding hydrogens is 524 g/mol. The molecule has 1 aliphatic heterocycles. The number of anilines is 1. The van der Waals surface area contributed by atoms with E-state index in [1.807, 2.05) is 55.6 Å². The summed E-state index contributed by atoms with van der Waals surface area (Å²) in [7, 11) is 1.98. The molecule has 1 heterocycles. The average Bonchev–Trinajstić information content (AvgIpc) is 3.30. The number of carbonyl (C=O) groups excluding carboxylic acids is 3. The van der Waals surface area contributed by atoms with Crippen molar-refractivity contribution < 1.29 is 29.0 Å². The number of carboxylic acid groups (broad SMARTS) is 1. The number of carboxylic acids is 1. The second-order valence-electron chi connectivity index (χ2n) is 10.3. The van der Waals surface area contributed by atoms with Crippen molar-refractivity contribution in [3.63, 3.8) is 0 Å². The third-order valence-electron chi connectivity index (χ3n) is 7.59. The molecule has 1 atom stereocenters. The van der Waals surface area contributed by atoms with Crippen LogP contribution < -0.4 is 10.6 Å². The van der Waals surface area contributed by atoms with Gasteiger partial charge in [0.2, 0.25) is 11.8 Å². The maximum Gasteiger partial charge on any atom is 0.407 e. The van der Waals surface area contributed by atoms with Gasteiger partial charge in [-0.25, -0.2) is 9.59 Å². The highest BCUT2D eigenvalue weighted by molar-refractivity contribution is 5.99. The van der Waals surface area contributed by atoms with E-state index in [0.717, 1.165) is 35.3 Å². The van der Waals surface area contributed by atoms with Gasteiger partial charge in [0.25, 0.3) is 0 Å². The molecule has 1 fully saturated rings. The van der Waals surface area contributed by atoms with Crippen LogP contribution in [-0.4, -0.2) is 84.7 Å².